The van der Waals surface area contributed by atoms with E-state index < -0.39 is 0 Å². The normalized spacial score (nSPS) is 12.1. The molecule has 0 saturated heterocycles. The van der Waals surface area contributed by atoms with Gasteiger partial charge in [-0.1, -0.05) is 58.4 Å². The van der Waals surface area contributed by atoms with Crippen LogP contribution in [0.3, 0.4) is 0 Å². The molecule has 4 heteroatoms. The van der Waals surface area contributed by atoms with E-state index in [1.54, 1.807) is 11.8 Å². The molecule has 3 aromatic carbocycles. The highest BCUT2D eigenvalue weighted by Crippen LogP contribution is 2.24. The summed E-state index contributed by atoms with van der Waals surface area (Å²) >= 11 is 4.99. The summed E-state index contributed by atoms with van der Waals surface area (Å²) in [5.41, 5.74) is 1.10. The zero-order valence-electron chi connectivity index (χ0n) is 13.3. The van der Waals surface area contributed by atoms with E-state index in [4.69, 9.17) is 0 Å². The molecule has 2 nitrogen and oxygen atoms in total. The molecule has 1 N–H and O–H groups in total. The lowest BCUT2D eigenvalue weighted by atomic mass is 10.1. The van der Waals surface area contributed by atoms with E-state index in [1.165, 1.54) is 10.8 Å². The third kappa shape index (κ3) is 4.40. The number of amides is 1. The van der Waals surface area contributed by atoms with E-state index >= 15 is 0 Å². The predicted molar refractivity (Wildman–Crippen MR) is 105 cm³/mol. The van der Waals surface area contributed by atoms with Crippen LogP contribution in [0.2, 0.25) is 0 Å². The van der Waals surface area contributed by atoms with Crippen molar-refractivity contribution < 1.29 is 4.79 Å². The fourth-order valence-corrected chi connectivity index (χ4v) is 3.54. The first-order valence-electron chi connectivity index (χ1n) is 7.78. The lowest BCUT2D eigenvalue weighted by Crippen LogP contribution is -2.28. The molecule has 122 valence electrons. The topological polar surface area (TPSA) is 29.1 Å². The van der Waals surface area contributed by atoms with Crippen molar-refractivity contribution in [1.82, 2.24) is 5.32 Å². The van der Waals surface area contributed by atoms with Crippen LogP contribution in [0.1, 0.15) is 18.5 Å². The lowest BCUT2D eigenvalue weighted by molar-refractivity contribution is -0.119. The van der Waals surface area contributed by atoms with Gasteiger partial charge < -0.3 is 5.32 Å². The Labute approximate surface area is 154 Å². The van der Waals surface area contributed by atoms with Crippen LogP contribution in [-0.2, 0) is 4.79 Å². The first-order chi connectivity index (χ1) is 11.6. The van der Waals surface area contributed by atoms with Crippen LogP contribution in [0.15, 0.2) is 76.1 Å². The monoisotopic (exact) mass is 399 g/mol. The van der Waals surface area contributed by atoms with E-state index in [0.29, 0.717) is 5.75 Å². The molecule has 3 rings (SSSR count). The van der Waals surface area contributed by atoms with Crippen molar-refractivity contribution in [3.8, 4) is 0 Å². The maximum Gasteiger partial charge on any atom is 0.230 e. The third-order valence-electron chi connectivity index (χ3n) is 3.84. The SMILES string of the molecule is C[C@@H](NC(=O)CSc1ccc2ccccc2c1)c1ccc(Br)cc1. The molecule has 3 aromatic rings. The first-order valence-corrected chi connectivity index (χ1v) is 9.56. The van der Waals surface area contributed by atoms with Gasteiger partial charge in [0, 0.05) is 9.37 Å². The second-order valence-electron chi connectivity index (χ2n) is 5.64. The maximum atomic E-state index is 12.2. The minimum Gasteiger partial charge on any atom is -0.349 e. The van der Waals surface area contributed by atoms with E-state index in [0.717, 1.165) is 14.9 Å². The van der Waals surface area contributed by atoms with Gasteiger partial charge in [0.05, 0.1) is 11.8 Å². The minimum absolute atomic E-state index is 0.00260. The number of benzene rings is 3. The number of carbonyl (C=O) groups is 1. The van der Waals surface area contributed by atoms with Gasteiger partial charge in [-0.3, -0.25) is 4.79 Å². The second-order valence-corrected chi connectivity index (χ2v) is 7.60. The van der Waals surface area contributed by atoms with Crippen LogP contribution >= 0.6 is 27.7 Å². The van der Waals surface area contributed by atoms with Gasteiger partial charge in [0.25, 0.3) is 0 Å². The number of nitrogens with one attached hydrogen (secondary N) is 1. The van der Waals surface area contributed by atoms with Crippen molar-refractivity contribution >= 4 is 44.4 Å². The highest BCUT2D eigenvalue weighted by Gasteiger charge is 2.10. The molecule has 0 heterocycles. The number of thioether (sulfide) groups is 1. The number of carbonyl (C=O) groups excluding carboxylic acids is 1. The Balaban J connectivity index is 1.57. The highest BCUT2D eigenvalue weighted by atomic mass is 79.9. The van der Waals surface area contributed by atoms with E-state index in [-0.39, 0.29) is 11.9 Å². The van der Waals surface area contributed by atoms with Gasteiger partial charge in [-0.15, -0.1) is 11.8 Å². The van der Waals surface area contributed by atoms with Crippen LogP contribution in [0.4, 0.5) is 0 Å². The average Bonchev–Trinajstić information content (AvgIpc) is 2.60. The Bertz CT molecular complexity index is 848. The predicted octanol–water partition coefficient (Wildman–Crippen LogP) is 5.57. The molecule has 0 bridgehead atoms. The Kier molecular flexibility index (Phi) is 5.59. The van der Waals surface area contributed by atoms with Gasteiger partial charge in [-0.2, -0.15) is 0 Å². The van der Waals surface area contributed by atoms with Crippen molar-refractivity contribution in [2.75, 3.05) is 5.75 Å². The molecule has 0 fully saturated rings. The number of rotatable bonds is 5. The van der Waals surface area contributed by atoms with Crippen LogP contribution in [0.25, 0.3) is 10.8 Å². The molecule has 1 amide bonds. The van der Waals surface area contributed by atoms with Crippen molar-refractivity contribution in [3.05, 3.63) is 76.8 Å². The molecule has 0 saturated carbocycles. The van der Waals surface area contributed by atoms with E-state index in [9.17, 15) is 4.79 Å². The summed E-state index contributed by atoms with van der Waals surface area (Å²) in [6.07, 6.45) is 0. The maximum absolute atomic E-state index is 12.2. The number of hydrogen-bond donors (Lipinski definition) is 1. The van der Waals surface area contributed by atoms with Crippen molar-refractivity contribution in [3.63, 3.8) is 0 Å². The molecule has 0 aliphatic carbocycles. The molecular weight excluding hydrogens is 382 g/mol. The molecule has 0 spiro atoms. The van der Waals surface area contributed by atoms with E-state index in [2.05, 4.69) is 51.6 Å². The van der Waals surface area contributed by atoms with Gasteiger partial charge in [0.15, 0.2) is 0 Å². The summed E-state index contributed by atoms with van der Waals surface area (Å²) in [5.74, 6) is 0.461. The highest BCUT2D eigenvalue weighted by molar-refractivity contribution is 9.10. The molecule has 0 aliphatic heterocycles. The zero-order chi connectivity index (χ0) is 16.9. The smallest absolute Gasteiger partial charge is 0.230 e. The fourth-order valence-electron chi connectivity index (χ4n) is 2.52. The molecular formula is C20H18BrNOS. The minimum atomic E-state index is 0.00260. The quantitative estimate of drug-likeness (QED) is 0.567. The van der Waals surface area contributed by atoms with Gasteiger partial charge >= 0.3 is 0 Å². The van der Waals surface area contributed by atoms with Crippen LogP contribution in [-0.4, -0.2) is 11.7 Å². The largest absolute Gasteiger partial charge is 0.349 e. The molecule has 24 heavy (non-hydrogen) atoms. The van der Waals surface area contributed by atoms with Crippen LogP contribution < -0.4 is 5.32 Å². The van der Waals surface area contributed by atoms with Crippen LogP contribution in [0, 0.1) is 0 Å². The summed E-state index contributed by atoms with van der Waals surface area (Å²) in [5, 5.41) is 5.47. The van der Waals surface area contributed by atoms with Gasteiger partial charge in [0.1, 0.15) is 0 Å². The number of hydrogen-bond acceptors (Lipinski definition) is 2. The van der Waals surface area contributed by atoms with Crippen molar-refractivity contribution in [2.45, 2.75) is 17.9 Å². The van der Waals surface area contributed by atoms with Gasteiger partial charge in [-0.05, 0) is 47.5 Å². The molecule has 0 aromatic heterocycles. The summed E-state index contributed by atoms with van der Waals surface area (Å²) in [6, 6.07) is 22.6. The molecule has 0 unspecified atom stereocenters. The fraction of sp³-hybridized carbons (Fsp3) is 0.150. The van der Waals surface area contributed by atoms with Crippen molar-refractivity contribution in [1.29, 1.82) is 0 Å². The zero-order valence-corrected chi connectivity index (χ0v) is 15.7. The average molecular weight is 400 g/mol. The Morgan fingerprint density at radius 3 is 2.50 bits per heavy atom. The van der Waals surface area contributed by atoms with Gasteiger partial charge in [-0.25, -0.2) is 0 Å². The number of halogens is 1. The number of fused-ring (bicyclic) bond motifs is 1. The molecule has 1 atom stereocenters. The van der Waals surface area contributed by atoms with Gasteiger partial charge in [0.2, 0.25) is 5.91 Å². The second kappa shape index (κ2) is 7.86. The summed E-state index contributed by atoms with van der Waals surface area (Å²) < 4.78 is 1.04. The standard InChI is InChI=1S/C20H18BrNOS/c1-14(15-6-9-18(21)10-7-15)22-20(23)13-24-19-11-8-16-4-2-3-5-17(16)12-19/h2-12,14H,13H2,1H3,(H,22,23)/t14-/m1/s1. The first kappa shape index (κ1) is 17.1. The third-order valence-corrected chi connectivity index (χ3v) is 5.36. The Morgan fingerprint density at radius 2 is 1.75 bits per heavy atom. The molecule has 0 aliphatic rings. The Hall–Kier alpha value is -1.78. The van der Waals surface area contributed by atoms with Crippen molar-refractivity contribution in [2.24, 2.45) is 0 Å². The summed E-state index contributed by atoms with van der Waals surface area (Å²) in [4.78, 5) is 13.3. The summed E-state index contributed by atoms with van der Waals surface area (Å²) in [7, 11) is 0. The lowest BCUT2D eigenvalue weighted by Gasteiger charge is -2.14. The van der Waals surface area contributed by atoms with Crippen LogP contribution in [0.5, 0.6) is 0 Å². The molecule has 0 radical (unpaired) electrons. The summed E-state index contributed by atoms with van der Waals surface area (Å²) in [6.45, 7) is 2.00. The van der Waals surface area contributed by atoms with E-state index in [1.807, 2.05) is 43.3 Å². The Morgan fingerprint density at radius 1 is 1.04 bits per heavy atom.